The van der Waals surface area contributed by atoms with Gasteiger partial charge in [0.05, 0.1) is 24.3 Å². The van der Waals surface area contributed by atoms with Crippen LogP contribution in [0.25, 0.3) is 31.6 Å². The Morgan fingerprint density at radius 3 is 2.31 bits per heavy atom. The lowest BCUT2D eigenvalue weighted by atomic mass is 9.84. The average molecular weight is 467 g/mol. The highest BCUT2D eigenvalue weighted by molar-refractivity contribution is 7.29. The number of thiazole rings is 2. The minimum absolute atomic E-state index is 0.243. The minimum Gasteiger partial charge on any atom is -0.348 e. The van der Waals surface area contributed by atoms with Crippen molar-refractivity contribution in [3.8, 4) is 22.0 Å². The van der Waals surface area contributed by atoms with Crippen molar-refractivity contribution in [1.29, 1.82) is 0 Å². The Labute approximate surface area is 194 Å². The Kier molecular flexibility index (Phi) is 4.44. The molecule has 166 valence electrons. The molecule has 1 unspecified atom stereocenters. The zero-order valence-corrected chi connectivity index (χ0v) is 20.3. The third kappa shape index (κ3) is 3.41. The van der Waals surface area contributed by atoms with Crippen LogP contribution in [0.15, 0.2) is 24.8 Å². The van der Waals surface area contributed by atoms with Crippen molar-refractivity contribution in [3.05, 3.63) is 24.8 Å². The first-order chi connectivity index (χ1) is 15.3. The van der Waals surface area contributed by atoms with Gasteiger partial charge in [0.25, 0.3) is 0 Å². The third-order valence-electron chi connectivity index (χ3n) is 6.89. The molecule has 1 N–H and O–H groups in total. The maximum atomic E-state index is 4.94. The lowest BCUT2D eigenvalue weighted by molar-refractivity contribution is 0.208. The van der Waals surface area contributed by atoms with Crippen LogP contribution < -0.4 is 10.2 Å². The molecule has 4 aromatic rings. The molecule has 0 spiro atoms. The van der Waals surface area contributed by atoms with Crippen molar-refractivity contribution in [2.75, 3.05) is 11.9 Å². The molecule has 0 aliphatic carbocycles. The van der Waals surface area contributed by atoms with Gasteiger partial charge < -0.3 is 10.2 Å². The molecule has 0 radical (unpaired) electrons. The maximum Gasteiger partial charge on any atom is 0.188 e. The number of nitrogens with one attached hydrogen (secondary N) is 1. The number of hydrogen-bond donors (Lipinski definition) is 1. The van der Waals surface area contributed by atoms with E-state index in [9.17, 15) is 0 Å². The fourth-order valence-electron chi connectivity index (χ4n) is 5.29. The fourth-order valence-corrected chi connectivity index (χ4v) is 7.32. The van der Waals surface area contributed by atoms with E-state index in [1.165, 1.54) is 12.8 Å². The van der Waals surface area contributed by atoms with Crippen LogP contribution in [0, 0.1) is 0 Å². The molecule has 2 aliphatic heterocycles. The van der Waals surface area contributed by atoms with E-state index in [1.54, 1.807) is 45.9 Å². The second-order valence-corrected chi connectivity index (χ2v) is 11.7. The van der Waals surface area contributed by atoms with Crippen LogP contribution in [0.4, 0.5) is 5.13 Å². The van der Waals surface area contributed by atoms with Gasteiger partial charge in [0.1, 0.15) is 10.7 Å². The van der Waals surface area contributed by atoms with Crippen molar-refractivity contribution < 1.29 is 0 Å². The monoisotopic (exact) mass is 466 g/mol. The van der Waals surface area contributed by atoms with E-state index in [1.807, 2.05) is 13.2 Å². The minimum atomic E-state index is 0.243. The normalized spacial score (nSPS) is 27.3. The van der Waals surface area contributed by atoms with Crippen LogP contribution in [-0.2, 0) is 7.05 Å². The molecule has 2 fully saturated rings. The summed E-state index contributed by atoms with van der Waals surface area (Å²) >= 11 is 3.26. The van der Waals surface area contributed by atoms with Crippen LogP contribution in [0.1, 0.15) is 39.5 Å². The number of aromatic nitrogens is 6. The van der Waals surface area contributed by atoms with E-state index in [4.69, 9.17) is 9.97 Å². The summed E-state index contributed by atoms with van der Waals surface area (Å²) in [6.45, 7) is 4.74. The van der Waals surface area contributed by atoms with Crippen molar-refractivity contribution in [3.63, 3.8) is 0 Å². The molecule has 0 amide bonds. The highest BCUT2D eigenvalue weighted by Crippen LogP contribution is 2.45. The van der Waals surface area contributed by atoms with Crippen molar-refractivity contribution >= 4 is 37.5 Å². The maximum absolute atomic E-state index is 4.94. The Hall–Kier alpha value is -2.43. The van der Waals surface area contributed by atoms with Crippen molar-refractivity contribution in [2.45, 2.75) is 56.7 Å². The zero-order chi connectivity index (χ0) is 22.1. The molecular weight excluding hydrogens is 440 g/mol. The third-order valence-corrected chi connectivity index (χ3v) is 9.03. The van der Waals surface area contributed by atoms with E-state index < -0.39 is 0 Å². The largest absolute Gasteiger partial charge is 0.348 e. The lowest BCUT2D eigenvalue weighted by Gasteiger charge is -2.45. The summed E-state index contributed by atoms with van der Waals surface area (Å²) in [4.78, 5) is 23.2. The summed E-state index contributed by atoms with van der Waals surface area (Å²) in [6, 6.07) is 0.499. The number of rotatable bonds is 4. The molecule has 2 aliphatic rings. The Balaban J connectivity index is 1.23. The lowest BCUT2D eigenvalue weighted by Crippen LogP contribution is -2.58. The predicted molar refractivity (Wildman–Crippen MR) is 129 cm³/mol. The first-order valence-corrected chi connectivity index (χ1v) is 12.5. The summed E-state index contributed by atoms with van der Waals surface area (Å²) in [5.74, 6) is 0. The van der Waals surface area contributed by atoms with E-state index in [2.05, 4.69) is 46.2 Å². The molecule has 0 aromatic carbocycles. The zero-order valence-electron chi connectivity index (χ0n) is 18.7. The van der Waals surface area contributed by atoms with Crippen LogP contribution in [0.5, 0.6) is 0 Å². The van der Waals surface area contributed by atoms with Crippen molar-refractivity contribution in [2.24, 2.45) is 7.05 Å². The number of piperidine rings is 1. The van der Waals surface area contributed by atoms with Crippen LogP contribution in [0.2, 0.25) is 0 Å². The molecule has 0 saturated carbocycles. The quantitative estimate of drug-likeness (QED) is 0.484. The molecule has 32 heavy (non-hydrogen) atoms. The van der Waals surface area contributed by atoms with Gasteiger partial charge >= 0.3 is 0 Å². The molecule has 2 saturated heterocycles. The molecular formula is C22H26N8S2. The smallest absolute Gasteiger partial charge is 0.188 e. The molecule has 6 heterocycles. The molecule has 6 rings (SSSR count). The second-order valence-electron chi connectivity index (χ2n) is 9.73. The summed E-state index contributed by atoms with van der Waals surface area (Å²) in [6.07, 6.45) is 12.1. The van der Waals surface area contributed by atoms with Crippen LogP contribution >= 0.6 is 22.7 Å². The van der Waals surface area contributed by atoms with Gasteiger partial charge in [0, 0.05) is 43.0 Å². The van der Waals surface area contributed by atoms with E-state index in [-0.39, 0.29) is 11.1 Å². The van der Waals surface area contributed by atoms with Gasteiger partial charge in [-0.3, -0.25) is 9.67 Å². The summed E-state index contributed by atoms with van der Waals surface area (Å²) in [7, 11) is 4.08. The number of nitrogens with zero attached hydrogens (tertiary/aromatic N) is 7. The number of anilines is 1. The van der Waals surface area contributed by atoms with Gasteiger partial charge in [-0.05, 0) is 39.5 Å². The van der Waals surface area contributed by atoms with Gasteiger partial charge in [0.2, 0.25) is 0 Å². The van der Waals surface area contributed by atoms with Gasteiger partial charge in [-0.25, -0.2) is 15.0 Å². The SMILES string of the molecule is CN(c1nc2sc(-c3cnc(-c4cnn(C)c4)cn3)nc2s1)C1C[C@]2(C)CC[C@](C)(C1)N2. The number of hydrogen-bond acceptors (Lipinski definition) is 9. The Bertz CT molecular complexity index is 1240. The standard InChI is InChI=1S/C22H26N8S2/c1-21-5-6-22(2,28-21)8-14(7-21)30(4)20-27-19-18(32-20)26-17(31-19)16-11-23-15(10-24-16)13-9-25-29(3)12-13/h9-12,14,28H,5-8H2,1-4H3/t14?,21-,22+. The molecule has 3 atom stereocenters. The number of aryl methyl sites for hydroxylation is 1. The topological polar surface area (TPSA) is 84.7 Å². The average Bonchev–Trinajstić information content (AvgIpc) is 3.49. The Morgan fingerprint density at radius 1 is 1.00 bits per heavy atom. The number of fused-ring (bicyclic) bond motifs is 3. The van der Waals surface area contributed by atoms with Crippen LogP contribution in [-0.4, -0.2) is 53.9 Å². The molecule has 10 heteroatoms. The summed E-state index contributed by atoms with van der Waals surface area (Å²) < 4.78 is 1.76. The van der Waals surface area contributed by atoms with Gasteiger partial charge in [-0.1, -0.05) is 22.7 Å². The van der Waals surface area contributed by atoms with Gasteiger partial charge in [-0.15, -0.1) is 0 Å². The Morgan fingerprint density at radius 2 is 1.69 bits per heavy atom. The molecule has 4 aromatic heterocycles. The highest BCUT2D eigenvalue weighted by Gasteiger charge is 2.49. The highest BCUT2D eigenvalue weighted by atomic mass is 32.1. The molecule has 2 bridgehead atoms. The fraction of sp³-hybridized carbons (Fsp3) is 0.500. The predicted octanol–water partition coefficient (Wildman–Crippen LogP) is 4.11. The van der Waals surface area contributed by atoms with E-state index >= 15 is 0 Å². The van der Waals surface area contributed by atoms with Gasteiger partial charge in [0.15, 0.2) is 14.8 Å². The van der Waals surface area contributed by atoms with Crippen LogP contribution in [0.3, 0.4) is 0 Å². The van der Waals surface area contributed by atoms with E-state index in [0.29, 0.717) is 6.04 Å². The first kappa shape index (κ1) is 20.2. The first-order valence-electron chi connectivity index (χ1n) is 10.9. The summed E-state index contributed by atoms with van der Waals surface area (Å²) in [5, 5.41) is 9.98. The second kappa shape index (κ2) is 7.03. The van der Waals surface area contributed by atoms with Gasteiger partial charge in [-0.2, -0.15) is 5.10 Å². The molecule has 8 nitrogen and oxygen atoms in total. The van der Waals surface area contributed by atoms with E-state index in [0.717, 1.165) is 49.6 Å². The summed E-state index contributed by atoms with van der Waals surface area (Å²) in [5.41, 5.74) is 3.02. The van der Waals surface area contributed by atoms with Crippen molar-refractivity contribution in [1.82, 2.24) is 35.0 Å².